The number of hydrogen-bond acceptors (Lipinski definition) is 3. The fraction of sp³-hybridized carbons (Fsp3) is 0.0714. The van der Waals surface area contributed by atoms with E-state index in [1.807, 2.05) is 0 Å². The van der Waals surface area contributed by atoms with Crippen LogP contribution in [0.5, 0.6) is 0 Å². The highest BCUT2D eigenvalue weighted by Gasteiger charge is 2.17. The molecule has 0 aromatic heterocycles. The summed E-state index contributed by atoms with van der Waals surface area (Å²) in [6.07, 6.45) is 0. The van der Waals surface area contributed by atoms with Gasteiger partial charge in [-0.05, 0) is 42.8 Å². The Morgan fingerprint density at radius 2 is 1.95 bits per heavy atom. The van der Waals surface area contributed by atoms with E-state index in [1.165, 1.54) is 18.2 Å². The molecule has 2 aromatic carbocycles. The van der Waals surface area contributed by atoms with Crippen molar-refractivity contribution in [3.05, 3.63) is 59.4 Å². The van der Waals surface area contributed by atoms with Gasteiger partial charge in [0.2, 0.25) is 0 Å². The number of hydrogen-bond donors (Lipinski definition) is 3. The molecular formula is C14H14FN3O2S. The molecule has 2 aromatic rings. The number of nitrogens with two attached hydrogens (primary N) is 1. The highest BCUT2D eigenvalue weighted by Crippen LogP contribution is 2.21. The molecule has 0 heterocycles. The highest BCUT2D eigenvalue weighted by molar-refractivity contribution is 7.92. The third-order valence-electron chi connectivity index (χ3n) is 2.82. The minimum atomic E-state index is -3.83. The predicted molar refractivity (Wildman–Crippen MR) is 79.4 cm³/mol. The second kappa shape index (κ2) is 5.53. The van der Waals surface area contributed by atoms with Crippen molar-refractivity contribution in [3.8, 4) is 0 Å². The van der Waals surface area contributed by atoms with Gasteiger partial charge in [-0.2, -0.15) is 0 Å². The summed E-state index contributed by atoms with van der Waals surface area (Å²) in [5.74, 6) is -1.02. The molecule has 0 unspecified atom stereocenters. The molecule has 0 atom stereocenters. The van der Waals surface area contributed by atoms with Crippen LogP contribution in [-0.2, 0) is 10.0 Å². The topological polar surface area (TPSA) is 96.0 Å². The number of nitrogen functional groups attached to an aromatic ring is 1. The third-order valence-corrected chi connectivity index (χ3v) is 4.18. The maximum atomic E-state index is 13.2. The second-order valence-electron chi connectivity index (χ2n) is 4.53. The number of aryl methyl sites for hydroxylation is 1. The molecular weight excluding hydrogens is 293 g/mol. The number of nitrogens with one attached hydrogen (secondary N) is 2. The van der Waals surface area contributed by atoms with E-state index in [0.717, 1.165) is 17.7 Å². The van der Waals surface area contributed by atoms with E-state index in [4.69, 9.17) is 11.1 Å². The zero-order valence-electron chi connectivity index (χ0n) is 11.2. The molecule has 0 amide bonds. The van der Waals surface area contributed by atoms with E-state index in [2.05, 4.69) is 4.72 Å². The van der Waals surface area contributed by atoms with Crippen LogP contribution < -0.4 is 10.5 Å². The van der Waals surface area contributed by atoms with Gasteiger partial charge in [-0.25, -0.2) is 12.8 Å². The molecule has 0 saturated heterocycles. The summed E-state index contributed by atoms with van der Waals surface area (Å²) in [6.45, 7) is 1.78. The minimum Gasteiger partial charge on any atom is -0.384 e. The lowest BCUT2D eigenvalue weighted by atomic mass is 10.1. The molecule has 5 nitrogen and oxygen atoms in total. The van der Waals surface area contributed by atoms with Crippen molar-refractivity contribution in [1.29, 1.82) is 5.41 Å². The van der Waals surface area contributed by atoms with Gasteiger partial charge in [0.05, 0.1) is 10.6 Å². The smallest absolute Gasteiger partial charge is 0.261 e. The van der Waals surface area contributed by atoms with Gasteiger partial charge in [0.25, 0.3) is 10.0 Å². The summed E-state index contributed by atoms with van der Waals surface area (Å²) < 4.78 is 40.1. The normalized spacial score (nSPS) is 11.1. The third kappa shape index (κ3) is 3.38. The second-order valence-corrected chi connectivity index (χ2v) is 6.21. The van der Waals surface area contributed by atoms with E-state index in [-0.39, 0.29) is 16.1 Å². The summed E-state index contributed by atoms with van der Waals surface area (Å²) in [4.78, 5) is 0.0846. The SMILES string of the molecule is Cc1cccc(S(=O)(=O)Nc2ccc(F)cc2C(=N)N)c1. The maximum Gasteiger partial charge on any atom is 0.261 e. The van der Waals surface area contributed by atoms with E-state index < -0.39 is 21.7 Å². The Morgan fingerprint density at radius 3 is 2.57 bits per heavy atom. The Morgan fingerprint density at radius 1 is 1.24 bits per heavy atom. The van der Waals surface area contributed by atoms with Gasteiger partial charge in [-0.1, -0.05) is 12.1 Å². The first kappa shape index (κ1) is 15.0. The molecule has 21 heavy (non-hydrogen) atoms. The van der Waals surface area contributed by atoms with Crippen molar-refractivity contribution >= 4 is 21.5 Å². The molecule has 0 spiro atoms. The van der Waals surface area contributed by atoms with E-state index in [1.54, 1.807) is 19.1 Å². The van der Waals surface area contributed by atoms with Crippen LogP contribution in [0.15, 0.2) is 47.4 Å². The van der Waals surface area contributed by atoms with Crippen molar-refractivity contribution in [3.63, 3.8) is 0 Å². The zero-order valence-corrected chi connectivity index (χ0v) is 12.0. The lowest BCUT2D eigenvalue weighted by Crippen LogP contribution is -2.19. The van der Waals surface area contributed by atoms with Gasteiger partial charge >= 0.3 is 0 Å². The van der Waals surface area contributed by atoms with E-state index >= 15 is 0 Å². The average Bonchev–Trinajstić information content (AvgIpc) is 2.40. The Balaban J connectivity index is 2.44. The Hall–Kier alpha value is -2.41. The Bertz CT molecular complexity index is 804. The van der Waals surface area contributed by atoms with Crippen LogP contribution >= 0.6 is 0 Å². The number of amidine groups is 1. The standard InChI is InChI=1S/C14H14FN3O2S/c1-9-3-2-4-11(7-9)21(19,20)18-13-6-5-10(15)8-12(13)14(16)17/h2-8,18H,1H3,(H3,16,17). The van der Waals surface area contributed by atoms with E-state index in [0.29, 0.717) is 0 Å². The fourth-order valence-electron chi connectivity index (χ4n) is 1.81. The lowest BCUT2D eigenvalue weighted by Gasteiger charge is -2.12. The average molecular weight is 307 g/mol. The molecule has 0 radical (unpaired) electrons. The quantitative estimate of drug-likeness (QED) is 0.597. The summed E-state index contributed by atoms with van der Waals surface area (Å²) in [5.41, 5.74) is 6.19. The van der Waals surface area contributed by atoms with Crippen molar-refractivity contribution < 1.29 is 12.8 Å². The van der Waals surface area contributed by atoms with Crippen molar-refractivity contribution in [2.45, 2.75) is 11.8 Å². The molecule has 0 aliphatic rings. The molecule has 0 fully saturated rings. The van der Waals surface area contributed by atoms with Crippen molar-refractivity contribution in [2.24, 2.45) is 5.73 Å². The van der Waals surface area contributed by atoms with Crippen molar-refractivity contribution in [2.75, 3.05) is 4.72 Å². The number of anilines is 1. The first-order chi connectivity index (χ1) is 9.79. The Kier molecular flexibility index (Phi) is 3.95. The molecule has 0 bridgehead atoms. The van der Waals surface area contributed by atoms with Crippen LogP contribution in [0.25, 0.3) is 0 Å². The largest absolute Gasteiger partial charge is 0.384 e. The fourth-order valence-corrected chi connectivity index (χ4v) is 3.00. The van der Waals surface area contributed by atoms with Crippen LogP contribution in [0, 0.1) is 18.2 Å². The van der Waals surface area contributed by atoms with Crippen LogP contribution in [0.4, 0.5) is 10.1 Å². The van der Waals surface area contributed by atoms with E-state index in [9.17, 15) is 12.8 Å². The highest BCUT2D eigenvalue weighted by atomic mass is 32.2. The minimum absolute atomic E-state index is 0.00812. The number of benzene rings is 2. The molecule has 0 aliphatic heterocycles. The van der Waals surface area contributed by atoms with Crippen LogP contribution in [-0.4, -0.2) is 14.3 Å². The summed E-state index contributed by atoms with van der Waals surface area (Å²) in [5, 5.41) is 7.40. The lowest BCUT2D eigenvalue weighted by molar-refractivity contribution is 0.601. The monoisotopic (exact) mass is 307 g/mol. The first-order valence-electron chi connectivity index (χ1n) is 6.03. The van der Waals surface area contributed by atoms with Gasteiger partial charge < -0.3 is 5.73 Å². The molecule has 0 saturated carbocycles. The molecule has 0 aliphatic carbocycles. The first-order valence-corrected chi connectivity index (χ1v) is 7.51. The van der Waals surface area contributed by atoms with Crippen LogP contribution in [0.1, 0.15) is 11.1 Å². The maximum absolute atomic E-state index is 13.2. The number of halogens is 1. The number of sulfonamides is 1. The predicted octanol–water partition coefficient (Wildman–Crippen LogP) is 2.22. The van der Waals surface area contributed by atoms with Crippen LogP contribution in [0.2, 0.25) is 0 Å². The van der Waals surface area contributed by atoms with Crippen molar-refractivity contribution in [1.82, 2.24) is 0 Å². The molecule has 4 N–H and O–H groups in total. The number of rotatable bonds is 4. The molecule has 110 valence electrons. The van der Waals surface area contributed by atoms with Crippen LogP contribution in [0.3, 0.4) is 0 Å². The molecule has 2 rings (SSSR count). The van der Waals surface area contributed by atoms with Gasteiger partial charge in [0, 0.05) is 5.56 Å². The van der Waals surface area contributed by atoms with Gasteiger partial charge in [0.1, 0.15) is 11.7 Å². The molecule has 7 heteroatoms. The summed E-state index contributed by atoms with van der Waals surface area (Å²) in [6, 6.07) is 9.71. The summed E-state index contributed by atoms with van der Waals surface area (Å²) in [7, 11) is -3.83. The zero-order chi connectivity index (χ0) is 15.6. The summed E-state index contributed by atoms with van der Waals surface area (Å²) >= 11 is 0. The van der Waals surface area contributed by atoms with Gasteiger partial charge in [0.15, 0.2) is 0 Å². The Labute approximate surface area is 122 Å². The van der Waals surface area contributed by atoms with Gasteiger partial charge in [-0.3, -0.25) is 10.1 Å². The van der Waals surface area contributed by atoms with Gasteiger partial charge in [-0.15, -0.1) is 0 Å².